The highest BCUT2D eigenvalue weighted by molar-refractivity contribution is 14.1. The predicted molar refractivity (Wildman–Crippen MR) is 143 cm³/mol. The van der Waals surface area contributed by atoms with Gasteiger partial charge >= 0.3 is 12.1 Å². The molecule has 11 heteroatoms. The maximum atomic E-state index is 12.9. The van der Waals surface area contributed by atoms with Gasteiger partial charge in [-0.05, 0) is 105 Å². The highest BCUT2D eigenvalue weighted by Gasteiger charge is 2.30. The smallest absolute Gasteiger partial charge is 0.416 e. The Morgan fingerprint density at radius 1 is 1.06 bits per heavy atom. The summed E-state index contributed by atoms with van der Waals surface area (Å²) in [5, 5.41) is 20.8. The van der Waals surface area contributed by atoms with Crippen molar-refractivity contribution in [3.63, 3.8) is 0 Å². The molecule has 0 bridgehead atoms. The van der Waals surface area contributed by atoms with Crippen LogP contribution in [0.1, 0.15) is 27.0 Å². The SMILES string of the molecule is N#C/C(=C/c1cc(I)c(OCc2ccc(C(=O)O)cc2)c(I)c1)C(=O)Nc1cccc(C(F)(F)F)c1. The number of anilines is 1. The topological polar surface area (TPSA) is 99.4 Å². The second kappa shape index (κ2) is 11.7. The zero-order chi connectivity index (χ0) is 26.5. The molecule has 6 nitrogen and oxygen atoms in total. The molecule has 3 rings (SSSR count). The number of nitrogens with zero attached hydrogens (tertiary/aromatic N) is 1. The number of nitriles is 1. The number of nitrogens with one attached hydrogen (secondary N) is 1. The lowest BCUT2D eigenvalue weighted by Crippen LogP contribution is -2.14. The van der Waals surface area contributed by atoms with Crippen molar-refractivity contribution in [2.24, 2.45) is 0 Å². The molecular formula is C25H15F3I2N2O4. The van der Waals surface area contributed by atoms with Crippen LogP contribution in [-0.2, 0) is 17.6 Å². The second-order valence-electron chi connectivity index (χ2n) is 7.31. The first-order valence-electron chi connectivity index (χ1n) is 10.0. The Balaban J connectivity index is 1.75. The van der Waals surface area contributed by atoms with Crippen molar-refractivity contribution in [3.8, 4) is 11.8 Å². The molecule has 0 aromatic heterocycles. The summed E-state index contributed by atoms with van der Waals surface area (Å²) in [7, 11) is 0. The lowest BCUT2D eigenvalue weighted by molar-refractivity contribution is -0.137. The van der Waals surface area contributed by atoms with Crippen LogP contribution in [0.15, 0.2) is 66.2 Å². The second-order valence-corrected chi connectivity index (χ2v) is 9.63. The van der Waals surface area contributed by atoms with Gasteiger partial charge in [-0.15, -0.1) is 0 Å². The number of halogens is 5. The summed E-state index contributed by atoms with van der Waals surface area (Å²) >= 11 is 4.09. The fourth-order valence-electron chi connectivity index (χ4n) is 2.99. The third-order valence-electron chi connectivity index (χ3n) is 4.73. The van der Waals surface area contributed by atoms with Gasteiger partial charge in [0.1, 0.15) is 24.0 Å². The van der Waals surface area contributed by atoms with Gasteiger partial charge in [-0.3, -0.25) is 4.79 Å². The molecule has 184 valence electrons. The Morgan fingerprint density at radius 2 is 1.69 bits per heavy atom. The van der Waals surface area contributed by atoms with Crippen molar-refractivity contribution in [2.75, 3.05) is 5.32 Å². The van der Waals surface area contributed by atoms with E-state index in [4.69, 9.17) is 9.84 Å². The third kappa shape index (κ3) is 7.20. The van der Waals surface area contributed by atoms with Gasteiger partial charge in [-0.1, -0.05) is 18.2 Å². The minimum Gasteiger partial charge on any atom is -0.487 e. The fourth-order valence-corrected chi connectivity index (χ4v) is 5.11. The molecule has 0 aliphatic rings. The van der Waals surface area contributed by atoms with Crippen LogP contribution in [0.4, 0.5) is 18.9 Å². The molecule has 0 saturated heterocycles. The van der Waals surface area contributed by atoms with Crippen molar-refractivity contribution in [1.29, 1.82) is 5.26 Å². The number of carbonyl (C=O) groups is 2. The number of hydrogen-bond acceptors (Lipinski definition) is 4. The highest BCUT2D eigenvalue weighted by atomic mass is 127. The molecule has 0 saturated carbocycles. The van der Waals surface area contributed by atoms with E-state index >= 15 is 0 Å². The van der Waals surface area contributed by atoms with E-state index in [1.54, 1.807) is 30.3 Å². The van der Waals surface area contributed by atoms with Gasteiger partial charge in [-0.25, -0.2) is 4.79 Å². The number of rotatable bonds is 7. The maximum absolute atomic E-state index is 12.9. The average molecular weight is 718 g/mol. The summed E-state index contributed by atoms with van der Waals surface area (Å²) in [4.78, 5) is 23.5. The zero-order valence-corrected chi connectivity index (χ0v) is 22.4. The number of amides is 1. The van der Waals surface area contributed by atoms with E-state index in [1.807, 2.05) is 45.2 Å². The third-order valence-corrected chi connectivity index (χ3v) is 6.33. The molecule has 3 aromatic carbocycles. The zero-order valence-electron chi connectivity index (χ0n) is 18.1. The van der Waals surface area contributed by atoms with E-state index in [0.717, 1.165) is 23.8 Å². The lowest BCUT2D eigenvalue weighted by Gasteiger charge is -2.12. The maximum Gasteiger partial charge on any atom is 0.416 e. The number of alkyl halides is 3. The van der Waals surface area contributed by atoms with Crippen LogP contribution in [0, 0.1) is 18.5 Å². The number of carboxylic acid groups (broad SMARTS) is 1. The Hall–Kier alpha value is -3.12. The van der Waals surface area contributed by atoms with E-state index in [0.29, 0.717) is 18.5 Å². The molecule has 0 spiro atoms. The first-order chi connectivity index (χ1) is 17.0. The number of hydrogen-bond donors (Lipinski definition) is 2. The van der Waals surface area contributed by atoms with Gasteiger partial charge < -0.3 is 15.2 Å². The monoisotopic (exact) mass is 718 g/mol. The molecule has 0 aliphatic heterocycles. The first kappa shape index (κ1) is 27.5. The molecular weight excluding hydrogens is 703 g/mol. The Bertz CT molecular complexity index is 1360. The van der Waals surface area contributed by atoms with E-state index in [-0.39, 0.29) is 23.4 Å². The Morgan fingerprint density at radius 3 is 2.25 bits per heavy atom. The van der Waals surface area contributed by atoms with Crippen molar-refractivity contribution in [2.45, 2.75) is 12.8 Å². The molecule has 0 unspecified atom stereocenters. The quantitative estimate of drug-likeness (QED) is 0.160. The van der Waals surface area contributed by atoms with Crippen LogP contribution >= 0.6 is 45.2 Å². The molecule has 3 aromatic rings. The van der Waals surface area contributed by atoms with Crippen LogP contribution < -0.4 is 10.1 Å². The Kier molecular flexibility index (Phi) is 8.96. The summed E-state index contributed by atoms with van der Waals surface area (Å²) in [6.07, 6.45) is -3.23. The van der Waals surface area contributed by atoms with Gasteiger partial charge in [0.25, 0.3) is 5.91 Å². The van der Waals surface area contributed by atoms with Gasteiger partial charge in [-0.2, -0.15) is 18.4 Å². The van der Waals surface area contributed by atoms with Crippen LogP contribution in [0.25, 0.3) is 6.08 Å². The Labute approximate surface area is 231 Å². The highest BCUT2D eigenvalue weighted by Crippen LogP contribution is 2.32. The lowest BCUT2D eigenvalue weighted by atomic mass is 10.1. The molecule has 0 aliphatic carbocycles. The number of aromatic carboxylic acids is 1. The minimum absolute atomic E-state index is 0.0831. The fraction of sp³-hybridized carbons (Fsp3) is 0.0800. The predicted octanol–water partition coefficient (Wildman–Crippen LogP) is 6.74. The van der Waals surface area contributed by atoms with Crippen LogP contribution in [-0.4, -0.2) is 17.0 Å². The minimum atomic E-state index is -4.56. The van der Waals surface area contributed by atoms with Crippen molar-refractivity contribution in [1.82, 2.24) is 0 Å². The van der Waals surface area contributed by atoms with E-state index in [2.05, 4.69) is 5.32 Å². The number of carboxylic acids is 1. The van der Waals surface area contributed by atoms with Crippen molar-refractivity contribution >= 4 is 68.8 Å². The van der Waals surface area contributed by atoms with E-state index in [1.165, 1.54) is 24.3 Å². The number of carbonyl (C=O) groups excluding carboxylic acids is 1. The molecule has 0 fully saturated rings. The summed E-state index contributed by atoms with van der Waals surface area (Å²) < 4.78 is 46.0. The summed E-state index contributed by atoms with van der Waals surface area (Å²) in [5.74, 6) is -1.29. The molecule has 0 atom stereocenters. The standard InChI is InChI=1S/C25H15F3I2N2O4/c26-25(27,28)18-2-1-3-19(11-18)32-23(33)17(12-31)8-15-9-20(29)22(21(30)10-15)36-13-14-4-6-16(7-5-14)24(34)35/h1-11H,13H2,(H,32,33)(H,34,35)/b17-8-. The molecule has 1 amide bonds. The van der Waals surface area contributed by atoms with Gasteiger partial charge in [0, 0.05) is 5.69 Å². The van der Waals surface area contributed by atoms with E-state index in [9.17, 15) is 28.0 Å². The van der Waals surface area contributed by atoms with Crippen LogP contribution in [0.2, 0.25) is 0 Å². The average Bonchev–Trinajstić information content (AvgIpc) is 2.82. The van der Waals surface area contributed by atoms with Gasteiger partial charge in [0.05, 0.1) is 18.3 Å². The van der Waals surface area contributed by atoms with Crippen molar-refractivity contribution in [3.05, 3.63) is 95.6 Å². The summed E-state index contributed by atoms with van der Waals surface area (Å²) in [5.41, 5.74) is 0.183. The molecule has 0 radical (unpaired) electrons. The largest absolute Gasteiger partial charge is 0.487 e. The van der Waals surface area contributed by atoms with Crippen LogP contribution in [0.5, 0.6) is 5.75 Å². The van der Waals surface area contributed by atoms with E-state index < -0.39 is 23.6 Å². The summed E-state index contributed by atoms with van der Waals surface area (Å²) in [6.45, 7) is 0.198. The molecule has 0 heterocycles. The van der Waals surface area contributed by atoms with Gasteiger partial charge in [0.15, 0.2) is 0 Å². The first-order valence-corrected chi connectivity index (χ1v) is 12.2. The molecule has 36 heavy (non-hydrogen) atoms. The van der Waals surface area contributed by atoms with Gasteiger partial charge in [0.2, 0.25) is 0 Å². The number of benzene rings is 3. The summed E-state index contributed by atoms with van der Waals surface area (Å²) in [6, 6.07) is 15.6. The normalized spacial score (nSPS) is 11.5. The number of ether oxygens (including phenoxy) is 1. The van der Waals surface area contributed by atoms with Crippen molar-refractivity contribution < 1.29 is 32.6 Å². The molecule has 2 N–H and O–H groups in total. The van der Waals surface area contributed by atoms with Crippen LogP contribution in [0.3, 0.4) is 0 Å².